The molecule has 0 aliphatic carbocycles. The van der Waals surface area contributed by atoms with Gasteiger partial charge < -0.3 is 25.6 Å². The Kier molecular flexibility index (Phi) is 5.75. The van der Waals surface area contributed by atoms with E-state index in [4.69, 9.17) is 10.5 Å². The molecule has 4 N–H and O–H groups in total. The van der Waals surface area contributed by atoms with Crippen LogP contribution in [0.1, 0.15) is 25.8 Å². The first-order valence-corrected chi connectivity index (χ1v) is 7.94. The molecule has 6 heteroatoms. The number of carbonyl (C=O) groups is 1. The molecule has 1 aliphatic heterocycles. The Labute approximate surface area is 136 Å². The highest BCUT2D eigenvalue weighted by Gasteiger charge is 2.42. The third kappa shape index (κ3) is 4.29. The van der Waals surface area contributed by atoms with E-state index in [0.717, 1.165) is 5.56 Å². The fraction of sp³-hybridized carbons (Fsp3) is 0.588. The Morgan fingerprint density at radius 2 is 2.13 bits per heavy atom. The normalized spacial score (nSPS) is 26.7. The monoisotopic (exact) mass is 322 g/mol. The Hall–Kier alpha value is -1.47. The number of benzene rings is 1. The third-order valence-corrected chi connectivity index (χ3v) is 4.46. The molecule has 6 nitrogen and oxygen atoms in total. The molecule has 1 fully saturated rings. The Morgan fingerprint density at radius 3 is 2.65 bits per heavy atom. The van der Waals surface area contributed by atoms with Crippen LogP contribution in [-0.4, -0.2) is 58.0 Å². The second-order valence-electron chi connectivity index (χ2n) is 6.31. The molecular weight excluding hydrogens is 296 g/mol. The molecule has 0 aromatic heterocycles. The zero-order valence-electron chi connectivity index (χ0n) is 13.7. The van der Waals surface area contributed by atoms with Crippen molar-refractivity contribution < 1.29 is 19.7 Å². The van der Waals surface area contributed by atoms with E-state index in [1.54, 1.807) is 6.92 Å². The summed E-state index contributed by atoms with van der Waals surface area (Å²) in [4.78, 5) is 14.1. The molecule has 0 bridgehead atoms. The van der Waals surface area contributed by atoms with Crippen molar-refractivity contribution in [2.45, 2.75) is 50.7 Å². The van der Waals surface area contributed by atoms with Crippen LogP contribution in [0.3, 0.4) is 0 Å². The fourth-order valence-corrected chi connectivity index (χ4v) is 2.74. The summed E-state index contributed by atoms with van der Waals surface area (Å²) in [7, 11) is 0. The highest BCUT2D eigenvalue weighted by molar-refractivity contribution is 5.82. The summed E-state index contributed by atoms with van der Waals surface area (Å²) in [6, 6.07) is 8.49. The first kappa shape index (κ1) is 17.9. The van der Waals surface area contributed by atoms with E-state index in [9.17, 15) is 15.0 Å². The lowest BCUT2D eigenvalue weighted by molar-refractivity contribution is -0.141. The fourth-order valence-electron chi connectivity index (χ4n) is 2.74. The first-order chi connectivity index (χ1) is 10.8. The van der Waals surface area contributed by atoms with Crippen LogP contribution in [0.25, 0.3) is 0 Å². The van der Waals surface area contributed by atoms with Crippen molar-refractivity contribution in [3.8, 4) is 0 Å². The average molecular weight is 322 g/mol. The summed E-state index contributed by atoms with van der Waals surface area (Å²) < 4.78 is 5.44. The van der Waals surface area contributed by atoms with E-state index in [1.807, 2.05) is 30.3 Å². The number of carbonyl (C=O) groups excluding carboxylic acids is 1. The number of aliphatic hydroxyl groups is 2. The minimum Gasteiger partial charge on any atom is -0.391 e. The van der Waals surface area contributed by atoms with Crippen molar-refractivity contribution in [1.29, 1.82) is 0 Å². The molecule has 2 unspecified atom stereocenters. The SMILES string of the molecule is CC1OCCC1(O)CN(Cc1ccccc1)C(=O)[C@@H](N)[C@@H](C)O. The van der Waals surface area contributed by atoms with Crippen LogP contribution in [-0.2, 0) is 16.1 Å². The number of hydrogen-bond acceptors (Lipinski definition) is 5. The molecule has 1 amide bonds. The van der Waals surface area contributed by atoms with Crippen LogP contribution in [0.15, 0.2) is 30.3 Å². The highest BCUT2D eigenvalue weighted by atomic mass is 16.5. The molecule has 0 radical (unpaired) electrons. The van der Waals surface area contributed by atoms with Crippen molar-refractivity contribution >= 4 is 5.91 Å². The minimum absolute atomic E-state index is 0.127. The lowest BCUT2D eigenvalue weighted by Crippen LogP contribution is -2.55. The standard InChI is InChI=1S/C17H26N2O4/c1-12(20)15(18)16(21)19(10-14-6-4-3-5-7-14)11-17(22)8-9-23-13(17)2/h3-7,12-13,15,20,22H,8-11,18H2,1-2H3/t12-,13?,15+,17?/m1/s1. The minimum atomic E-state index is -1.09. The number of rotatable bonds is 6. The van der Waals surface area contributed by atoms with Crippen molar-refractivity contribution in [1.82, 2.24) is 4.90 Å². The lowest BCUT2D eigenvalue weighted by atomic mass is 9.95. The predicted molar refractivity (Wildman–Crippen MR) is 86.5 cm³/mol. The molecule has 1 aromatic rings. The Balaban J connectivity index is 2.18. The van der Waals surface area contributed by atoms with Gasteiger partial charge in [0.2, 0.25) is 5.91 Å². The number of aliphatic hydroxyl groups excluding tert-OH is 1. The molecule has 1 heterocycles. The van der Waals surface area contributed by atoms with Gasteiger partial charge in [0.1, 0.15) is 11.6 Å². The van der Waals surface area contributed by atoms with Crippen molar-refractivity contribution in [3.05, 3.63) is 35.9 Å². The van der Waals surface area contributed by atoms with Gasteiger partial charge in [0.05, 0.1) is 18.8 Å². The van der Waals surface area contributed by atoms with Gasteiger partial charge in [0.15, 0.2) is 0 Å². The summed E-state index contributed by atoms with van der Waals surface area (Å²) >= 11 is 0. The smallest absolute Gasteiger partial charge is 0.242 e. The second-order valence-corrected chi connectivity index (χ2v) is 6.31. The molecular formula is C17H26N2O4. The van der Waals surface area contributed by atoms with Crippen LogP contribution in [0.4, 0.5) is 0 Å². The van der Waals surface area contributed by atoms with Gasteiger partial charge in [0, 0.05) is 19.6 Å². The van der Waals surface area contributed by atoms with E-state index >= 15 is 0 Å². The maximum absolute atomic E-state index is 12.6. The lowest BCUT2D eigenvalue weighted by Gasteiger charge is -2.35. The second kappa shape index (κ2) is 7.40. The third-order valence-electron chi connectivity index (χ3n) is 4.46. The van der Waals surface area contributed by atoms with E-state index in [2.05, 4.69) is 0 Å². The summed E-state index contributed by atoms with van der Waals surface area (Å²) in [6.45, 7) is 4.21. The van der Waals surface area contributed by atoms with Gasteiger partial charge in [-0.1, -0.05) is 30.3 Å². The number of hydrogen-bond donors (Lipinski definition) is 3. The van der Waals surface area contributed by atoms with Gasteiger partial charge >= 0.3 is 0 Å². The van der Waals surface area contributed by atoms with Crippen LogP contribution < -0.4 is 5.73 Å². The zero-order valence-corrected chi connectivity index (χ0v) is 13.7. The van der Waals surface area contributed by atoms with Crippen LogP contribution in [0.2, 0.25) is 0 Å². The molecule has 0 spiro atoms. The van der Waals surface area contributed by atoms with Gasteiger partial charge in [-0.05, 0) is 19.4 Å². The quantitative estimate of drug-likeness (QED) is 0.698. The number of nitrogens with two attached hydrogens (primary N) is 1. The number of nitrogens with zero attached hydrogens (tertiary/aromatic N) is 1. The molecule has 4 atom stereocenters. The summed E-state index contributed by atoms with van der Waals surface area (Å²) in [6.07, 6.45) is -0.833. The predicted octanol–water partition coefficient (Wildman–Crippen LogP) is 0.263. The van der Waals surface area contributed by atoms with Crippen LogP contribution in [0.5, 0.6) is 0 Å². The van der Waals surface area contributed by atoms with Crippen LogP contribution in [0, 0.1) is 0 Å². The van der Waals surface area contributed by atoms with Crippen molar-refractivity contribution in [2.75, 3.05) is 13.2 Å². The maximum Gasteiger partial charge on any atom is 0.242 e. The van der Waals surface area contributed by atoms with E-state index < -0.39 is 17.7 Å². The number of ether oxygens (including phenoxy) is 1. The topological polar surface area (TPSA) is 96.0 Å². The molecule has 1 aliphatic rings. The Morgan fingerprint density at radius 1 is 1.48 bits per heavy atom. The first-order valence-electron chi connectivity index (χ1n) is 7.94. The largest absolute Gasteiger partial charge is 0.391 e. The Bertz CT molecular complexity index is 523. The van der Waals surface area contributed by atoms with Gasteiger partial charge in [-0.25, -0.2) is 0 Å². The maximum atomic E-state index is 12.6. The highest BCUT2D eigenvalue weighted by Crippen LogP contribution is 2.27. The average Bonchev–Trinajstić information content (AvgIpc) is 2.85. The summed E-state index contributed by atoms with van der Waals surface area (Å²) in [5, 5.41) is 20.4. The van der Waals surface area contributed by atoms with Crippen molar-refractivity contribution in [2.24, 2.45) is 5.73 Å². The van der Waals surface area contributed by atoms with Gasteiger partial charge in [-0.2, -0.15) is 0 Å². The molecule has 0 saturated carbocycles. The summed E-state index contributed by atoms with van der Waals surface area (Å²) in [5.74, 6) is -0.378. The van der Waals surface area contributed by atoms with E-state index in [1.165, 1.54) is 11.8 Å². The van der Waals surface area contributed by atoms with E-state index in [0.29, 0.717) is 19.6 Å². The van der Waals surface area contributed by atoms with Gasteiger partial charge in [-0.3, -0.25) is 4.79 Å². The molecule has 2 rings (SSSR count). The number of amides is 1. The van der Waals surface area contributed by atoms with Gasteiger partial charge in [-0.15, -0.1) is 0 Å². The molecule has 1 aromatic carbocycles. The molecule has 23 heavy (non-hydrogen) atoms. The molecule has 128 valence electrons. The van der Waals surface area contributed by atoms with Crippen LogP contribution >= 0.6 is 0 Å². The van der Waals surface area contributed by atoms with Crippen molar-refractivity contribution in [3.63, 3.8) is 0 Å². The summed E-state index contributed by atoms with van der Waals surface area (Å²) in [5.41, 5.74) is 5.66. The van der Waals surface area contributed by atoms with Gasteiger partial charge in [0.25, 0.3) is 0 Å². The zero-order chi connectivity index (χ0) is 17.0. The molecule has 1 saturated heterocycles. The van der Waals surface area contributed by atoms with E-state index in [-0.39, 0.29) is 18.6 Å².